The Morgan fingerprint density at radius 3 is 2.74 bits per heavy atom. The lowest BCUT2D eigenvalue weighted by molar-refractivity contribution is -0.133. The van der Waals surface area contributed by atoms with Crippen molar-refractivity contribution in [1.29, 1.82) is 0 Å². The highest BCUT2D eigenvalue weighted by Gasteiger charge is 2.11. The van der Waals surface area contributed by atoms with E-state index in [4.69, 9.17) is 16.3 Å². The molecule has 116 valence electrons. The highest BCUT2D eigenvalue weighted by Crippen LogP contribution is 2.22. The number of rotatable bonds is 4. The Balaban J connectivity index is 1.68. The molecule has 0 saturated heterocycles. The molecule has 0 fully saturated rings. The van der Waals surface area contributed by atoms with Gasteiger partial charge >= 0.3 is 5.97 Å². The van der Waals surface area contributed by atoms with Crippen molar-refractivity contribution in [3.63, 3.8) is 0 Å². The Morgan fingerprint density at radius 1 is 1.22 bits per heavy atom. The Hall–Kier alpha value is -2.59. The third-order valence-corrected chi connectivity index (χ3v) is 3.60. The van der Waals surface area contributed by atoms with E-state index in [0.29, 0.717) is 10.8 Å². The van der Waals surface area contributed by atoms with Crippen LogP contribution >= 0.6 is 11.6 Å². The van der Waals surface area contributed by atoms with Crippen LogP contribution in [0.15, 0.2) is 60.9 Å². The van der Waals surface area contributed by atoms with Crippen molar-refractivity contribution in [2.24, 2.45) is 0 Å². The molecule has 3 aromatic rings. The predicted octanol–water partition coefficient (Wildman–Crippen LogP) is 3.98. The van der Waals surface area contributed by atoms with Gasteiger partial charge in [0.1, 0.15) is 5.75 Å². The van der Waals surface area contributed by atoms with Crippen LogP contribution in [-0.4, -0.2) is 15.7 Å². The summed E-state index contributed by atoms with van der Waals surface area (Å²) in [5.74, 6) is 0.192. The summed E-state index contributed by atoms with van der Waals surface area (Å²) in [7, 11) is 0. The third-order valence-electron chi connectivity index (χ3n) is 3.37. The van der Waals surface area contributed by atoms with Gasteiger partial charge in [-0.1, -0.05) is 29.8 Å². The standard InChI is InChI=1S/C18H15ClN2O2/c1-13-9-15(19)7-8-17(13)23-18(22)10-14-11-20-21(12-14)16-5-3-2-4-6-16/h2-9,11-12H,10H2,1H3. The van der Waals surface area contributed by atoms with Crippen LogP contribution in [0.4, 0.5) is 0 Å². The number of aromatic nitrogens is 2. The average molecular weight is 327 g/mol. The largest absolute Gasteiger partial charge is 0.426 e. The molecule has 0 aliphatic rings. The number of carbonyl (C=O) groups excluding carboxylic acids is 1. The zero-order valence-electron chi connectivity index (χ0n) is 12.6. The van der Waals surface area contributed by atoms with Gasteiger partial charge in [-0.05, 0) is 42.8 Å². The van der Waals surface area contributed by atoms with E-state index in [0.717, 1.165) is 16.8 Å². The van der Waals surface area contributed by atoms with Gasteiger partial charge in [0.15, 0.2) is 0 Å². The van der Waals surface area contributed by atoms with Crippen molar-refractivity contribution in [2.45, 2.75) is 13.3 Å². The Kier molecular flexibility index (Phi) is 4.44. The van der Waals surface area contributed by atoms with Crippen LogP contribution in [0.3, 0.4) is 0 Å². The number of carbonyl (C=O) groups is 1. The number of nitrogens with zero attached hydrogens (tertiary/aromatic N) is 2. The maximum Gasteiger partial charge on any atom is 0.315 e. The number of para-hydroxylation sites is 1. The first-order valence-electron chi connectivity index (χ1n) is 7.17. The Morgan fingerprint density at radius 2 is 2.00 bits per heavy atom. The monoisotopic (exact) mass is 326 g/mol. The SMILES string of the molecule is Cc1cc(Cl)ccc1OC(=O)Cc1cnn(-c2ccccc2)c1. The van der Waals surface area contributed by atoms with Gasteiger partial charge in [0.25, 0.3) is 0 Å². The van der Waals surface area contributed by atoms with Crippen molar-refractivity contribution in [3.05, 3.63) is 77.1 Å². The van der Waals surface area contributed by atoms with Gasteiger partial charge in [0.05, 0.1) is 18.3 Å². The van der Waals surface area contributed by atoms with Crippen LogP contribution in [0.5, 0.6) is 5.75 Å². The highest BCUT2D eigenvalue weighted by molar-refractivity contribution is 6.30. The van der Waals surface area contributed by atoms with Crippen LogP contribution in [0.2, 0.25) is 5.02 Å². The fourth-order valence-electron chi connectivity index (χ4n) is 2.23. The molecular weight excluding hydrogens is 312 g/mol. The first kappa shape index (κ1) is 15.3. The van der Waals surface area contributed by atoms with Crippen LogP contribution in [-0.2, 0) is 11.2 Å². The summed E-state index contributed by atoms with van der Waals surface area (Å²) in [5.41, 5.74) is 2.57. The minimum atomic E-state index is -0.331. The number of aryl methyl sites for hydroxylation is 1. The first-order chi connectivity index (χ1) is 11.1. The van der Waals surface area contributed by atoms with Crippen LogP contribution in [0.25, 0.3) is 5.69 Å². The maximum atomic E-state index is 12.1. The summed E-state index contributed by atoms with van der Waals surface area (Å²) in [5, 5.41) is 4.88. The molecule has 1 heterocycles. The number of esters is 1. The van der Waals surface area contributed by atoms with Gasteiger partial charge in [0, 0.05) is 16.8 Å². The van der Waals surface area contributed by atoms with Crippen LogP contribution < -0.4 is 4.74 Å². The van der Waals surface area contributed by atoms with Gasteiger partial charge in [0.2, 0.25) is 0 Å². The number of halogens is 1. The van der Waals surface area contributed by atoms with Gasteiger partial charge in [-0.3, -0.25) is 4.79 Å². The summed E-state index contributed by atoms with van der Waals surface area (Å²) in [6, 6.07) is 14.9. The molecule has 0 aliphatic carbocycles. The lowest BCUT2D eigenvalue weighted by Crippen LogP contribution is -2.11. The fourth-order valence-corrected chi connectivity index (χ4v) is 2.45. The van der Waals surface area contributed by atoms with Crippen LogP contribution in [0.1, 0.15) is 11.1 Å². The Bertz CT molecular complexity index is 828. The zero-order valence-corrected chi connectivity index (χ0v) is 13.3. The van der Waals surface area contributed by atoms with E-state index in [9.17, 15) is 4.79 Å². The summed E-state index contributed by atoms with van der Waals surface area (Å²) in [6.07, 6.45) is 3.66. The molecule has 0 saturated carbocycles. The first-order valence-corrected chi connectivity index (χ1v) is 7.55. The van der Waals surface area contributed by atoms with Crippen molar-refractivity contribution in [1.82, 2.24) is 9.78 Å². The molecule has 0 atom stereocenters. The van der Waals surface area contributed by atoms with E-state index >= 15 is 0 Å². The molecule has 5 heteroatoms. The molecule has 0 spiro atoms. The molecule has 0 aliphatic heterocycles. The van der Waals surface area contributed by atoms with Crippen molar-refractivity contribution < 1.29 is 9.53 Å². The van der Waals surface area contributed by atoms with Gasteiger partial charge < -0.3 is 4.74 Å². The summed E-state index contributed by atoms with van der Waals surface area (Å²) >= 11 is 5.89. The minimum Gasteiger partial charge on any atom is -0.426 e. The molecule has 0 N–H and O–H groups in total. The molecule has 0 amide bonds. The molecule has 0 unspecified atom stereocenters. The molecule has 2 aromatic carbocycles. The predicted molar refractivity (Wildman–Crippen MR) is 89.1 cm³/mol. The van der Waals surface area contributed by atoms with E-state index < -0.39 is 0 Å². The van der Waals surface area contributed by atoms with Crippen molar-refractivity contribution >= 4 is 17.6 Å². The number of hydrogen-bond acceptors (Lipinski definition) is 3. The highest BCUT2D eigenvalue weighted by atomic mass is 35.5. The van der Waals surface area contributed by atoms with Crippen molar-refractivity contribution in [3.8, 4) is 11.4 Å². The summed E-state index contributed by atoms with van der Waals surface area (Å²) < 4.78 is 7.12. The average Bonchev–Trinajstić information content (AvgIpc) is 2.99. The number of benzene rings is 2. The lowest BCUT2D eigenvalue weighted by atomic mass is 10.2. The quantitative estimate of drug-likeness (QED) is 0.538. The minimum absolute atomic E-state index is 0.162. The van der Waals surface area contributed by atoms with Crippen LogP contribution in [0, 0.1) is 6.92 Å². The van der Waals surface area contributed by atoms with E-state index in [-0.39, 0.29) is 12.4 Å². The number of ether oxygens (including phenoxy) is 1. The molecule has 3 rings (SSSR count). The Labute approximate surface area is 139 Å². The van der Waals surface area contributed by atoms with E-state index in [2.05, 4.69) is 5.10 Å². The molecule has 0 radical (unpaired) electrons. The van der Waals surface area contributed by atoms with E-state index in [1.807, 2.05) is 43.5 Å². The molecule has 0 bridgehead atoms. The summed E-state index contributed by atoms with van der Waals surface area (Å²) in [4.78, 5) is 12.1. The smallest absolute Gasteiger partial charge is 0.315 e. The van der Waals surface area contributed by atoms with Gasteiger partial charge in [-0.2, -0.15) is 5.10 Å². The fraction of sp³-hybridized carbons (Fsp3) is 0.111. The second-order valence-corrected chi connectivity index (χ2v) is 5.63. The maximum absolute atomic E-state index is 12.1. The van der Waals surface area contributed by atoms with E-state index in [1.165, 1.54) is 0 Å². The zero-order chi connectivity index (χ0) is 16.2. The molecule has 4 nitrogen and oxygen atoms in total. The molecule has 1 aromatic heterocycles. The molecule has 23 heavy (non-hydrogen) atoms. The second-order valence-electron chi connectivity index (χ2n) is 5.19. The second kappa shape index (κ2) is 6.67. The normalized spacial score (nSPS) is 10.5. The topological polar surface area (TPSA) is 44.1 Å². The van der Waals surface area contributed by atoms with E-state index in [1.54, 1.807) is 29.1 Å². The van der Waals surface area contributed by atoms with Gasteiger partial charge in [-0.25, -0.2) is 4.68 Å². The third kappa shape index (κ3) is 3.79. The lowest BCUT2D eigenvalue weighted by Gasteiger charge is -2.06. The summed E-state index contributed by atoms with van der Waals surface area (Å²) in [6.45, 7) is 1.85. The molecular formula is C18H15ClN2O2. The van der Waals surface area contributed by atoms with Crippen molar-refractivity contribution in [2.75, 3.05) is 0 Å². The number of hydrogen-bond donors (Lipinski definition) is 0. The van der Waals surface area contributed by atoms with Gasteiger partial charge in [-0.15, -0.1) is 0 Å².